The van der Waals surface area contributed by atoms with Crippen LogP contribution in [-0.4, -0.2) is 11.3 Å². The van der Waals surface area contributed by atoms with Gasteiger partial charge in [0.25, 0.3) is 0 Å². The zero-order valence-corrected chi connectivity index (χ0v) is 11.3. The van der Waals surface area contributed by atoms with E-state index in [1.54, 1.807) is 48.5 Å². The first-order chi connectivity index (χ1) is 9.66. The van der Waals surface area contributed by atoms with Crippen LogP contribution in [0.3, 0.4) is 0 Å². The Balaban J connectivity index is 2.06. The van der Waals surface area contributed by atoms with Gasteiger partial charge in [-0.1, -0.05) is 48.5 Å². The normalized spacial score (nSPS) is 11.4. The predicted octanol–water partition coefficient (Wildman–Crippen LogP) is 3.31. The predicted molar refractivity (Wildman–Crippen MR) is 78.6 cm³/mol. The average Bonchev–Trinajstić information content (AvgIpc) is 2.46. The van der Waals surface area contributed by atoms with Crippen LogP contribution >= 0.6 is 11.6 Å². The Hall–Kier alpha value is -2.33. The van der Waals surface area contributed by atoms with Gasteiger partial charge in [-0.3, -0.25) is 4.79 Å². The van der Waals surface area contributed by atoms with E-state index in [1.807, 2.05) is 12.1 Å². The van der Waals surface area contributed by atoms with Gasteiger partial charge in [0.05, 0.1) is 0 Å². The minimum atomic E-state index is -0.874. The standard InChI is InChI=1S/C15H13ClN2O2/c16-14(19)13(11-7-3-1-4-8-11)18-15(20)17-12-9-5-2-6-10-12/h1-10,13H,(H2,17,18,20). The summed E-state index contributed by atoms with van der Waals surface area (Å²) in [5, 5.41) is 4.55. The molecule has 1 unspecified atom stereocenters. The van der Waals surface area contributed by atoms with Crippen LogP contribution in [-0.2, 0) is 4.79 Å². The van der Waals surface area contributed by atoms with Crippen molar-refractivity contribution in [2.24, 2.45) is 0 Å². The Kier molecular flexibility index (Phi) is 4.74. The lowest BCUT2D eigenvalue weighted by atomic mass is 10.1. The minimum absolute atomic E-state index is 0.487. The molecule has 4 nitrogen and oxygen atoms in total. The van der Waals surface area contributed by atoms with Crippen LogP contribution in [0.25, 0.3) is 0 Å². The molecule has 0 saturated carbocycles. The Bertz CT molecular complexity index is 587. The van der Waals surface area contributed by atoms with Gasteiger partial charge >= 0.3 is 6.03 Å². The molecule has 2 N–H and O–H groups in total. The van der Waals surface area contributed by atoms with Gasteiger partial charge in [-0.25, -0.2) is 4.79 Å². The number of hydrogen-bond donors (Lipinski definition) is 2. The number of benzene rings is 2. The number of nitrogens with one attached hydrogen (secondary N) is 2. The van der Waals surface area contributed by atoms with Crippen LogP contribution in [0.1, 0.15) is 11.6 Å². The first-order valence-corrected chi connectivity index (χ1v) is 6.41. The summed E-state index contributed by atoms with van der Waals surface area (Å²) >= 11 is 5.54. The molecule has 0 aromatic heterocycles. The van der Waals surface area contributed by atoms with Crippen LogP contribution in [0.4, 0.5) is 10.5 Å². The van der Waals surface area contributed by atoms with Gasteiger partial charge in [0.1, 0.15) is 6.04 Å². The van der Waals surface area contributed by atoms with E-state index in [-0.39, 0.29) is 0 Å². The highest BCUT2D eigenvalue weighted by atomic mass is 35.5. The Labute approximate surface area is 121 Å². The SMILES string of the molecule is O=C(Nc1ccccc1)NC(C(=O)Cl)c1ccccc1. The molecule has 2 aromatic carbocycles. The van der Waals surface area contributed by atoms with E-state index in [0.717, 1.165) is 0 Å². The third-order valence-corrected chi connectivity index (χ3v) is 2.89. The highest BCUT2D eigenvalue weighted by Crippen LogP contribution is 2.16. The average molecular weight is 289 g/mol. The van der Waals surface area contributed by atoms with Gasteiger partial charge in [-0.05, 0) is 29.3 Å². The number of hydrogen-bond acceptors (Lipinski definition) is 2. The number of carbonyl (C=O) groups excluding carboxylic acids is 2. The van der Waals surface area contributed by atoms with Gasteiger partial charge in [0.15, 0.2) is 0 Å². The highest BCUT2D eigenvalue weighted by molar-refractivity contribution is 6.64. The van der Waals surface area contributed by atoms with Crippen molar-refractivity contribution in [1.29, 1.82) is 0 Å². The number of amides is 2. The number of halogens is 1. The van der Waals surface area contributed by atoms with Crippen molar-refractivity contribution in [2.45, 2.75) is 6.04 Å². The maximum atomic E-state index is 11.9. The fraction of sp³-hybridized carbons (Fsp3) is 0.0667. The summed E-state index contributed by atoms with van der Waals surface area (Å²) in [7, 11) is 0. The fourth-order valence-corrected chi connectivity index (χ4v) is 1.92. The molecule has 1 atom stereocenters. The minimum Gasteiger partial charge on any atom is -0.323 e. The van der Waals surface area contributed by atoms with Gasteiger partial charge in [-0.2, -0.15) is 0 Å². The van der Waals surface area contributed by atoms with E-state index < -0.39 is 17.3 Å². The van der Waals surface area contributed by atoms with Crippen LogP contribution in [0, 0.1) is 0 Å². The van der Waals surface area contributed by atoms with Crippen molar-refractivity contribution in [3.8, 4) is 0 Å². The molecule has 0 radical (unpaired) electrons. The van der Waals surface area contributed by atoms with E-state index in [4.69, 9.17) is 11.6 Å². The van der Waals surface area contributed by atoms with Crippen molar-refractivity contribution in [3.63, 3.8) is 0 Å². The molecule has 5 heteroatoms. The summed E-state index contributed by atoms with van der Waals surface area (Å²) in [6.07, 6.45) is 0. The zero-order chi connectivity index (χ0) is 14.4. The molecule has 0 aliphatic carbocycles. The Morgan fingerprint density at radius 3 is 2.00 bits per heavy atom. The molecule has 0 aliphatic heterocycles. The smallest absolute Gasteiger partial charge is 0.320 e. The lowest BCUT2D eigenvalue weighted by Crippen LogP contribution is -2.35. The van der Waals surface area contributed by atoms with Crippen molar-refractivity contribution in [3.05, 3.63) is 66.2 Å². The molecule has 0 saturated heterocycles. The summed E-state index contributed by atoms with van der Waals surface area (Å²) < 4.78 is 0. The number of anilines is 1. The Morgan fingerprint density at radius 1 is 0.900 bits per heavy atom. The summed E-state index contributed by atoms with van der Waals surface area (Å²) in [6, 6.07) is 16.4. The summed E-state index contributed by atoms with van der Waals surface area (Å²) in [5.41, 5.74) is 1.27. The number of para-hydroxylation sites is 1. The third kappa shape index (κ3) is 3.83. The van der Waals surface area contributed by atoms with E-state index in [1.165, 1.54) is 0 Å². The maximum Gasteiger partial charge on any atom is 0.320 e. The van der Waals surface area contributed by atoms with Crippen molar-refractivity contribution < 1.29 is 9.59 Å². The van der Waals surface area contributed by atoms with E-state index in [2.05, 4.69) is 10.6 Å². The lowest BCUT2D eigenvalue weighted by molar-refractivity contribution is -0.113. The zero-order valence-electron chi connectivity index (χ0n) is 10.5. The second-order valence-electron chi connectivity index (χ2n) is 4.11. The number of rotatable bonds is 4. The molecular formula is C15H13ClN2O2. The molecule has 0 heterocycles. The molecule has 0 bridgehead atoms. The van der Waals surface area contributed by atoms with E-state index >= 15 is 0 Å². The quantitative estimate of drug-likeness (QED) is 0.848. The second-order valence-corrected chi connectivity index (χ2v) is 4.48. The molecule has 2 amide bonds. The summed E-state index contributed by atoms with van der Waals surface area (Å²) in [4.78, 5) is 23.3. The topological polar surface area (TPSA) is 58.2 Å². The number of carbonyl (C=O) groups is 2. The molecule has 0 aliphatic rings. The van der Waals surface area contributed by atoms with Crippen molar-refractivity contribution >= 4 is 28.6 Å². The molecule has 0 fully saturated rings. The maximum absolute atomic E-state index is 11.9. The molecule has 0 spiro atoms. The van der Waals surface area contributed by atoms with Crippen LogP contribution in [0.15, 0.2) is 60.7 Å². The fourth-order valence-electron chi connectivity index (χ4n) is 1.74. The van der Waals surface area contributed by atoms with E-state index in [9.17, 15) is 9.59 Å². The van der Waals surface area contributed by atoms with E-state index in [0.29, 0.717) is 11.3 Å². The monoisotopic (exact) mass is 288 g/mol. The van der Waals surface area contributed by atoms with Gasteiger partial charge in [0.2, 0.25) is 5.24 Å². The molecular weight excluding hydrogens is 276 g/mol. The second kappa shape index (κ2) is 6.73. The molecule has 2 rings (SSSR count). The van der Waals surface area contributed by atoms with Crippen LogP contribution in [0.2, 0.25) is 0 Å². The highest BCUT2D eigenvalue weighted by Gasteiger charge is 2.20. The Morgan fingerprint density at radius 2 is 1.45 bits per heavy atom. The molecule has 2 aromatic rings. The first-order valence-electron chi connectivity index (χ1n) is 6.03. The van der Waals surface area contributed by atoms with Gasteiger partial charge < -0.3 is 10.6 Å². The summed E-state index contributed by atoms with van der Waals surface area (Å²) in [6.45, 7) is 0. The van der Waals surface area contributed by atoms with Crippen LogP contribution < -0.4 is 10.6 Å². The first kappa shape index (κ1) is 14.1. The summed E-state index contributed by atoms with van der Waals surface area (Å²) in [5.74, 6) is 0. The van der Waals surface area contributed by atoms with Crippen molar-refractivity contribution in [1.82, 2.24) is 5.32 Å². The van der Waals surface area contributed by atoms with Crippen molar-refractivity contribution in [2.75, 3.05) is 5.32 Å². The lowest BCUT2D eigenvalue weighted by Gasteiger charge is -2.15. The van der Waals surface area contributed by atoms with Gasteiger partial charge in [-0.15, -0.1) is 0 Å². The number of urea groups is 1. The largest absolute Gasteiger partial charge is 0.323 e. The molecule has 102 valence electrons. The molecule has 20 heavy (non-hydrogen) atoms. The van der Waals surface area contributed by atoms with Crippen LogP contribution in [0.5, 0.6) is 0 Å². The third-order valence-electron chi connectivity index (χ3n) is 2.67. The van der Waals surface area contributed by atoms with Gasteiger partial charge in [0, 0.05) is 5.69 Å².